The van der Waals surface area contributed by atoms with Gasteiger partial charge in [0.05, 0.1) is 33.5 Å². The molecule has 5 heterocycles. The molecule has 65 heavy (non-hydrogen) atoms. The van der Waals surface area contributed by atoms with Crippen molar-refractivity contribution in [3.05, 3.63) is 92.6 Å². The van der Waals surface area contributed by atoms with Crippen molar-refractivity contribution in [1.82, 2.24) is 35.5 Å². The van der Waals surface area contributed by atoms with Crippen LogP contribution in [0.3, 0.4) is 0 Å². The highest BCUT2D eigenvalue weighted by molar-refractivity contribution is 9.10. The number of ether oxygens (including phenoxy) is 1. The van der Waals surface area contributed by atoms with Gasteiger partial charge in [0.1, 0.15) is 24.8 Å². The number of carbonyl (C=O) groups excluding carboxylic acids is 2. The standard InChI is InChI=1S/C47H56BrN10O6P/c1-6-30-9-10-32-34(52-30)11-12-35(43(32)65(4,5)62)53-44-33(48)27-51-46(56-44)54-36-24-28(3)39(26-40(36)63-7-2)57-22-17-31(18-23-57)50-21-20-49-19-16-29-8-13-37-41(25-29)64-47(61)58(37)38-14-15-42(59)55-45(38)60/h8-13,24-27,31,38,49-50H,6-7,14-23H2,1-5H3,(H,55,59,60)(H2,51,53,54,56). The molecule has 18 heteroatoms. The average molecular weight is 968 g/mol. The van der Waals surface area contributed by atoms with Crippen LogP contribution in [-0.4, -0.2) is 90.0 Å². The number of pyridine rings is 1. The maximum absolute atomic E-state index is 13.7. The highest BCUT2D eigenvalue weighted by Gasteiger charge is 2.31. The Labute approximate surface area is 386 Å². The van der Waals surface area contributed by atoms with E-state index < -0.39 is 24.8 Å². The number of aromatic nitrogens is 4. The van der Waals surface area contributed by atoms with Crippen LogP contribution in [0.1, 0.15) is 62.4 Å². The van der Waals surface area contributed by atoms with E-state index in [1.165, 1.54) is 4.57 Å². The van der Waals surface area contributed by atoms with Gasteiger partial charge in [-0.15, -0.1) is 0 Å². The van der Waals surface area contributed by atoms with Gasteiger partial charge in [0, 0.05) is 73.0 Å². The maximum atomic E-state index is 13.7. The molecular weight excluding hydrogens is 911 g/mol. The topological polar surface area (TPSA) is 198 Å². The highest BCUT2D eigenvalue weighted by atomic mass is 79.9. The van der Waals surface area contributed by atoms with Gasteiger partial charge in [-0.25, -0.2) is 9.78 Å². The van der Waals surface area contributed by atoms with E-state index >= 15 is 0 Å². The number of oxazole rings is 1. The second kappa shape index (κ2) is 19.9. The summed E-state index contributed by atoms with van der Waals surface area (Å²) >= 11 is 3.62. The molecule has 3 aromatic heterocycles. The van der Waals surface area contributed by atoms with Gasteiger partial charge < -0.3 is 39.9 Å². The summed E-state index contributed by atoms with van der Waals surface area (Å²) in [5.74, 6) is 0.218. The summed E-state index contributed by atoms with van der Waals surface area (Å²) < 4.78 is 27.4. The Morgan fingerprint density at radius 2 is 1.75 bits per heavy atom. The van der Waals surface area contributed by atoms with E-state index in [1.54, 1.807) is 19.5 Å². The number of amides is 2. The van der Waals surface area contributed by atoms with Gasteiger partial charge in [-0.3, -0.25) is 24.5 Å². The lowest BCUT2D eigenvalue weighted by Gasteiger charge is -2.35. The first-order valence-corrected chi connectivity index (χ1v) is 25.7. The van der Waals surface area contributed by atoms with Crippen molar-refractivity contribution < 1.29 is 23.3 Å². The molecule has 0 aliphatic carbocycles. The lowest BCUT2D eigenvalue weighted by Crippen LogP contribution is -2.44. The lowest BCUT2D eigenvalue weighted by molar-refractivity contribution is -0.135. The van der Waals surface area contributed by atoms with E-state index in [0.29, 0.717) is 51.4 Å². The first-order chi connectivity index (χ1) is 31.3. The number of hydrogen-bond acceptors (Lipinski definition) is 14. The number of aryl methyl sites for hydroxylation is 2. The number of halogens is 1. The third kappa shape index (κ3) is 10.4. The zero-order valence-electron chi connectivity index (χ0n) is 37.4. The van der Waals surface area contributed by atoms with E-state index in [2.05, 4.69) is 78.4 Å². The molecule has 3 aromatic carbocycles. The van der Waals surface area contributed by atoms with Crippen molar-refractivity contribution >= 4 is 91.0 Å². The number of rotatable bonds is 17. The molecular formula is C47H56BrN10O6P. The summed E-state index contributed by atoms with van der Waals surface area (Å²) in [6.07, 6.45) is 5.74. The number of benzene rings is 3. The third-order valence-electron chi connectivity index (χ3n) is 12.0. The van der Waals surface area contributed by atoms with E-state index in [4.69, 9.17) is 19.1 Å². The predicted molar refractivity (Wildman–Crippen MR) is 261 cm³/mol. The fraction of sp³-hybridized carbons (Fsp3) is 0.404. The smallest absolute Gasteiger partial charge is 0.420 e. The summed E-state index contributed by atoms with van der Waals surface area (Å²) in [7, 11) is -2.74. The molecule has 2 amide bonds. The second-order valence-corrected chi connectivity index (χ2v) is 21.0. The van der Waals surface area contributed by atoms with Crippen LogP contribution in [0.5, 0.6) is 5.75 Å². The number of piperidine rings is 2. The van der Waals surface area contributed by atoms with Gasteiger partial charge in [-0.05, 0) is 129 Å². The first-order valence-electron chi connectivity index (χ1n) is 22.3. The Bertz CT molecular complexity index is 2850. The number of nitrogens with one attached hydrogen (secondary N) is 5. The first kappa shape index (κ1) is 45.9. The molecule has 0 radical (unpaired) electrons. The molecule has 0 bridgehead atoms. The van der Waals surface area contributed by atoms with Crippen molar-refractivity contribution in [2.24, 2.45) is 0 Å². The van der Waals surface area contributed by atoms with Crippen LogP contribution in [0.4, 0.5) is 28.8 Å². The Kier molecular flexibility index (Phi) is 14.0. The van der Waals surface area contributed by atoms with Crippen LogP contribution in [0.2, 0.25) is 0 Å². The van der Waals surface area contributed by atoms with Gasteiger partial charge in [0.15, 0.2) is 5.58 Å². The summed E-state index contributed by atoms with van der Waals surface area (Å²) in [4.78, 5) is 53.3. The molecule has 5 N–H and O–H groups in total. The van der Waals surface area contributed by atoms with Crippen molar-refractivity contribution in [1.29, 1.82) is 0 Å². The summed E-state index contributed by atoms with van der Waals surface area (Å²) in [5, 5.41) is 18.0. The zero-order chi connectivity index (χ0) is 45.8. The average Bonchev–Trinajstić information content (AvgIpc) is 3.60. The number of fused-ring (bicyclic) bond motifs is 2. The second-order valence-electron chi connectivity index (χ2n) is 17.0. The van der Waals surface area contributed by atoms with Gasteiger partial charge in [-0.1, -0.05) is 19.1 Å². The van der Waals surface area contributed by atoms with Gasteiger partial charge in [0.25, 0.3) is 0 Å². The molecule has 1 atom stereocenters. The van der Waals surface area contributed by atoms with Crippen LogP contribution < -0.4 is 47.3 Å². The third-order valence-corrected chi connectivity index (χ3v) is 14.1. The number of imide groups is 1. The van der Waals surface area contributed by atoms with E-state index in [9.17, 15) is 18.9 Å². The fourth-order valence-electron chi connectivity index (χ4n) is 8.77. The zero-order valence-corrected chi connectivity index (χ0v) is 39.9. The maximum Gasteiger partial charge on any atom is 0.420 e. The Hall–Kier alpha value is -5.61. The van der Waals surface area contributed by atoms with Crippen LogP contribution >= 0.6 is 23.1 Å². The van der Waals surface area contributed by atoms with Gasteiger partial charge in [0.2, 0.25) is 17.8 Å². The van der Waals surface area contributed by atoms with E-state index in [0.717, 1.165) is 103 Å². The summed E-state index contributed by atoms with van der Waals surface area (Å²) in [6, 6.07) is 17.3. The molecule has 6 aromatic rings. The van der Waals surface area contributed by atoms with Crippen molar-refractivity contribution in [3.8, 4) is 5.75 Å². The van der Waals surface area contributed by atoms with Crippen LogP contribution in [0.15, 0.2) is 74.5 Å². The normalized spacial score (nSPS) is 16.0. The van der Waals surface area contributed by atoms with Crippen molar-refractivity contribution in [3.63, 3.8) is 0 Å². The molecule has 2 aliphatic heterocycles. The minimum atomic E-state index is -2.74. The lowest BCUT2D eigenvalue weighted by atomic mass is 10.0. The number of anilines is 5. The summed E-state index contributed by atoms with van der Waals surface area (Å²) in [5.41, 5.74) is 7.51. The van der Waals surface area contributed by atoms with Gasteiger partial charge in [-0.2, -0.15) is 4.98 Å². The molecule has 0 spiro atoms. The predicted octanol–water partition coefficient (Wildman–Crippen LogP) is 7.07. The Balaban J connectivity index is 0.838. The molecule has 16 nitrogen and oxygen atoms in total. The van der Waals surface area contributed by atoms with Crippen LogP contribution in [0.25, 0.3) is 22.0 Å². The molecule has 342 valence electrons. The number of nitrogens with zero attached hydrogens (tertiary/aromatic N) is 5. The molecule has 8 rings (SSSR count). The minimum absolute atomic E-state index is 0.183. The highest BCUT2D eigenvalue weighted by Crippen LogP contribution is 2.42. The monoisotopic (exact) mass is 966 g/mol. The largest absolute Gasteiger partial charge is 0.492 e. The Morgan fingerprint density at radius 3 is 2.51 bits per heavy atom. The number of hydrogen-bond donors (Lipinski definition) is 5. The minimum Gasteiger partial charge on any atom is -0.492 e. The van der Waals surface area contributed by atoms with Crippen molar-refractivity contribution in [2.75, 3.05) is 68.2 Å². The van der Waals surface area contributed by atoms with Crippen LogP contribution in [0, 0.1) is 6.92 Å². The Morgan fingerprint density at radius 1 is 0.938 bits per heavy atom. The fourth-order valence-corrected chi connectivity index (χ4v) is 10.5. The molecule has 2 saturated heterocycles. The van der Waals surface area contributed by atoms with E-state index in [-0.39, 0.29) is 18.7 Å². The van der Waals surface area contributed by atoms with Crippen molar-refractivity contribution in [2.45, 2.75) is 71.4 Å². The molecule has 2 fully saturated rings. The quantitative estimate of drug-likeness (QED) is 0.0354. The molecule has 2 aliphatic rings. The SMILES string of the molecule is CCOc1cc(N2CCC(NCCNCCc3ccc4c(c3)oc(=O)n4C3CCC(=O)NC3=O)CC2)c(C)cc1Nc1ncc(Br)c(Nc2ccc3nc(CC)ccc3c2P(C)(C)=O)n1. The number of carbonyl (C=O) groups is 2. The molecule has 1 unspecified atom stereocenters. The summed E-state index contributed by atoms with van der Waals surface area (Å²) in [6.45, 7) is 14.4. The molecule has 0 saturated carbocycles. The van der Waals surface area contributed by atoms with E-state index in [1.807, 2.05) is 49.4 Å². The van der Waals surface area contributed by atoms with Crippen LogP contribution in [-0.2, 0) is 27.0 Å². The van der Waals surface area contributed by atoms with Gasteiger partial charge >= 0.3 is 5.76 Å².